The summed E-state index contributed by atoms with van der Waals surface area (Å²) in [7, 11) is 0. The van der Waals surface area contributed by atoms with Gasteiger partial charge in [0.25, 0.3) is 5.91 Å². The van der Waals surface area contributed by atoms with Crippen LogP contribution in [0.3, 0.4) is 0 Å². The van der Waals surface area contributed by atoms with Gasteiger partial charge in [-0.1, -0.05) is 97.1 Å². The SMILES string of the molecule is O=C1c2ccccc2C(c2c(-c3ccccc3)[nH]c3ccccc23)N1CCc1ccccc1. The molecule has 1 amide bonds. The normalized spacial score (nSPS) is 15.2. The van der Waals surface area contributed by atoms with Gasteiger partial charge in [-0.05, 0) is 35.2 Å². The molecule has 1 atom stereocenters. The first-order chi connectivity index (χ1) is 16.3. The summed E-state index contributed by atoms with van der Waals surface area (Å²) >= 11 is 0. The van der Waals surface area contributed by atoms with E-state index in [2.05, 4.69) is 88.7 Å². The minimum Gasteiger partial charge on any atom is -0.354 e. The molecule has 3 nitrogen and oxygen atoms in total. The van der Waals surface area contributed by atoms with Crippen molar-refractivity contribution in [3.63, 3.8) is 0 Å². The van der Waals surface area contributed by atoms with E-state index in [4.69, 9.17) is 0 Å². The average Bonchev–Trinajstić information content (AvgIpc) is 3.39. The van der Waals surface area contributed by atoms with Crippen LogP contribution < -0.4 is 0 Å². The summed E-state index contributed by atoms with van der Waals surface area (Å²) in [6, 6.07) is 37.2. The minimum atomic E-state index is -0.135. The van der Waals surface area contributed by atoms with Crippen molar-refractivity contribution < 1.29 is 4.79 Å². The molecule has 0 aliphatic carbocycles. The molecule has 0 spiro atoms. The summed E-state index contributed by atoms with van der Waals surface area (Å²) in [6.45, 7) is 0.663. The standard InChI is InChI=1S/C30H24N2O/c33-30-24-16-8-7-15-23(24)29(32(30)20-19-21-11-3-1-4-12-21)27-25-17-9-10-18-26(25)31-28(27)22-13-5-2-6-14-22/h1-18,29,31H,19-20H2. The second-order valence-corrected chi connectivity index (χ2v) is 8.55. The van der Waals surface area contributed by atoms with E-state index in [1.165, 1.54) is 11.1 Å². The van der Waals surface area contributed by atoms with Gasteiger partial charge in [0.1, 0.15) is 0 Å². The van der Waals surface area contributed by atoms with Crippen molar-refractivity contribution in [2.45, 2.75) is 12.5 Å². The lowest BCUT2D eigenvalue weighted by atomic mass is 9.93. The summed E-state index contributed by atoms with van der Waals surface area (Å²) in [6.07, 6.45) is 0.820. The molecule has 0 radical (unpaired) electrons. The van der Waals surface area contributed by atoms with Crippen molar-refractivity contribution in [1.29, 1.82) is 0 Å². The molecule has 0 fully saturated rings. The van der Waals surface area contributed by atoms with E-state index in [1.54, 1.807) is 0 Å². The van der Waals surface area contributed by atoms with Crippen LogP contribution in [0.2, 0.25) is 0 Å². The molecule has 0 bridgehead atoms. The molecule has 160 valence electrons. The zero-order valence-electron chi connectivity index (χ0n) is 18.2. The fraction of sp³-hybridized carbons (Fsp3) is 0.100. The van der Waals surface area contributed by atoms with E-state index >= 15 is 0 Å². The van der Waals surface area contributed by atoms with E-state index in [1.807, 2.05) is 30.3 Å². The number of amides is 1. The molecule has 1 aromatic heterocycles. The lowest BCUT2D eigenvalue weighted by molar-refractivity contribution is 0.0753. The van der Waals surface area contributed by atoms with Gasteiger partial charge in [-0.15, -0.1) is 0 Å². The Bertz CT molecular complexity index is 1440. The van der Waals surface area contributed by atoms with Crippen molar-refractivity contribution >= 4 is 16.8 Å². The quantitative estimate of drug-likeness (QED) is 0.335. The van der Waals surface area contributed by atoms with Gasteiger partial charge in [0.05, 0.1) is 11.7 Å². The monoisotopic (exact) mass is 428 g/mol. The number of nitrogens with one attached hydrogen (secondary N) is 1. The van der Waals surface area contributed by atoms with Gasteiger partial charge in [-0.2, -0.15) is 0 Å². The lowest BCUT2D eigenvalue weighted by Gasteiger charge is -2.27. The Kier molecular flexibility index (Phi) is 4.80. The van der Waals surface area contributed by atoms with Gasteiger partial charge in [0.15, 0.2) is 0 Å². The Morgan fingerprint density at radius 3 is 2.21 bits per heavy atom. The molecule has 6 rings (SSSR count). The van der Waals surface area contributed by atoms with Crippen LogP contribution in [0, 0.1) is 0 Å². The van der Waals surface area contributed by atoms with Crippen LogP contribution in [0.25, 0.3) is 22.2 Å². The molecular weight excluding hydrogens is 404 g/mol. The maximum atomic E-state index is 13.6. The molecule has 33 heavy (non-hydrogen) atoms. The van der Waals surface area contributed by atoms with Gasteiger partial charge in [0, 0.05) is 28.6 Å². The molecule has 4 aromatic carbocycles. The fourth-order valence-corrected chi connectivity index (χ4v) is 5.09. The molecule has 1 unspecified atom stereocenters. The molecule has 5 aromatic rings. The first-order valence-electron chi connectivity index (χ1n) is 11.4. The minimum absolute atomic E-state index is 0.107. The van der Waals surface area contributed by atoms with Crippen LogP contribution in [0.1, 0.15) is 33.1 Å². The van der Waals surface area contributed by atoms with E-state index in [0.717, 1.165) is 39.7 Å². The molecule has 1 aliphatic rings. The summed E-state index contributed by atoms with van der Waals surface area (Å²) in [5.41, 5.74) is 7.59. The number of para-hydroxylation sites is 1. The zero-order valence-corrected chi connectivity index (χ0v) is 18.2. The van der Waals surface area contributed by atoms with Crippen LogP contribution in [0.15, 0.2) is 109 Å². The first-order valence-corrected chi connectivity index (χ1v) is 11.4. The van der Waals surface area contributed by atoms with Crippen molar-refractivity contribution in [2.75, 3.05) is 6.54 Å². The highest BCUT2D eigenvalue weighted by Gasteiger charge is 2.39. The number of H-pyrrole nitrogens is 1. The maximum Gasteiger partial charge on any atom is 0.255 e. The maximum absolute atomic E-state index is 13.6. The lowest BCUT2D eigenvalue weighted by Crippen LogP contribution is -2.31. The van der Waals surface area contributed by atoms with Crippen LogP contribution in [-0.4, -0.2) is 22.3 Å². The predicted octanol–water partition coefficient (Wildman–Crippen LogP) is 6.62. The van der Waals surface area contributed by atoms with Gasteiger partial charge in [0.2, 0.25) is 0 Å². The van der Waals surface area contributed by atoms with E-state index in [-0.39, 0.29) is 11.9 Å². The number of benzene rings is 4. The highest BCUT2D eigenvalue weighted by Crippen LogP contribution is 2.45. The molecule has 1 aliphatic heterocycles. The Morgan fingerprint density at radius 1 is 0.727 bits per heavy atom. The second-order valence-electron chi connectivity index (χ2n) is 8.55. The Morgan fingerprint density at radius 2 is 1.39 bits per heavy atom. The number of nitrogens with zero attached hydrogens (tertiary/aromatic N) is 1. The van der Waals surface area contributed by atoms with Crippen LogP contribution in [0.5, 0.6) is 0 Å². The topological polar surface area (TPSA) is 36.1 Å². The smallest absolute Gasteiger partial charge is 0.255 e. The number of fused-ring (bicyclic) bond motifs is 2. The van der Waals surface area contributed by atoms with Gasteiger partial charge in [-0.25, -0.2) is 0 Å². The van der Waals surface area contributed by atoms with Crippen LogP contribution >= 0.6 is 0 Å². The summed E-state index contributed by atoms with van der Waals surface area (Å²) in [5, 5.41) is 1.16. The first kappa shape index (κ1) is 19.6. The average molecular weight is 429 g/mol. The molecule has 0 saturated heterocycles. The number of carbonyl (C=O) groups excluding carboxylic acids is 1. The highest BCUT2D eigenvalue weighted by molar-refractivity contribution is 6.02. The Labute approximate surface area is 193 Å². The van der Waals surface area contributed by atoms with Crippen molar-refractivity contribution in [3.8, 4) is 11.3 Å². The zero-order chi connectivity index (χ0) is 22.2. The third-order valence-electron chi connectivity index (χ3n) is 6.62. The summed E-state index contributed by atoms with van der Waals surface area (Å²) < 4.78 is 0. The molecule has 2 heterocycles. The summed E-state index contributed by atoms with van der Waals surface area (Å²) in [5.74, 6) is 0.107. The largest absolute Gasteiger partial charge is 0.354 e. The molecular formula is C30H24N2O. The van der Waals surface area contributed by atoms with E-state index in [9.17, 15) is 4.79 Å². The van der Waals surface area contributed by atoms with Crippen molar-refractivity contribution in [3.05, 3.63) is 131 Å². The number of hydrogen-bond donors (Lipinski definition) is 1. The third kappa shape index (κ3) is 3.33. The van der Waals surface area contributed by atoms with Gasteiger partial charge >= 0.3 is 0 Å². The second kappa shape index (κ2) is 8.10. The Hall–Kier alpha value is -4.11. The predicted molar refractivity (Wildman–Crippen MR) is 133 cm³/mol. The Balaban J connectivity index is 1.53. The number of hydrogen-bond acceptors (Lipinski definition) is 1. The highest BCUT2D eigenvalue weighted by atomic mass is 16.2. The number of rotatable bonds is 5. The van der Waals surface area contributed by atoms with Gasteiger partial charge < -0.3 is 9.88 Å². The van der Waals surface area contributed by atoms with Crippen molar-refractivity contribution in [1.82, 2.24) is 9.88 Å². The number of aromatic nitrogens is 1. The third-order valence-corrected chi connectivity index (χ3v) is 6.62. The van der Waals surface area contributed by atoms with E-state index in [0.29, 0.717) is 6.54 Å². The van der Waals surface area contributed by atoms with Gasteiger partial charge in [-0.3, -0.25) is 4.79 Å². The van der Waals surface area contributed by atoms with Crippen LogP contribution in [-0.2, 0) is 6.42 Å². The number of carbonyl (C=O) groups is 1. The molecule has 1 N–H and O–H groups in total. The van der Waals surface area contributed by atoms with E-state index < -0.39 is 0 Å². The number of aromatic amines is 1. The molecule has 3 heteroatoms. The summed E-state index contributed by atoms with van der Waals surface area (Å²) in [4.78, 5) is 19.3. The van der Waals surface area contributed by atoms with Crippen molar-refractivity contribution in [2.24, 2.45) is 0 Å². The molecule has 0 saturated carbocycles. The fourth-order valence-electron chi connectivity index (χ4n) is 5.09. The van der Waals surface area contributed by atoms with Crippen LogP contribution in [0.4, 0.5) is 0 Å².